The Balaban J connectivity index is 1.92. The van der Waals surface area contributed by atoms with Crippen molar-refractivity contribution in [2.45, 2.75) is 50.6 Å². The summed E-state index contributed by atoms with van der Waals surface area (Å²) in [7, 11) is 0. The van der Waals surface area contributed by atoms with Crippen LogP contribution in [-0.2, 0) is 0 Å². The Kier molecular flexibility index (Phi) is 2.37. The van der Waals surface area contributed by atoms with E-state index in [1.165, 1.54) is 32.1 Å². The van der Waals surface area contributed by atoms with E-state index in [1.807, 2.05) is 0 Å². The summed E-state index contributed by atoms with van der Waals surface area (Å²) in [5.41, 5.74) is 0. The Morgan fingerprint density at radius 2 is 1.92 bits per heavy atom. The summed E-state index contributed by atoms with van der Waals surface area (Å²) in [5, 5.41) is 3.67. The number of terminal acetylenes is 1. The number of piperidine rings is 2. The van der Waals surface area contributed by atoms with Gasteiger partial charge in [0.25, 0.3) is 0 Å². The first-order valence-corrected chi connectivity index (χ1v) is 5.08. The van der Waals surface area contributed by atoms with Crippen LogP contribution in [0, 0.1) is 18.3 Å². The van der Waals surface area contributed by atoms with Gasteiger partial charge in [0.1, 0.15) is 0 Å². The lowest BCUT2D eigenvalue weighted by Crippen LogP contribution is -2.48. The molecule has 0 radical (unpaired) electrons. The van der Waals surface area contributed by atoms with Gasteiger partial charge in [0, 0.05) is 18.5 Å². The van der Waals surface area contributed by atoms with E-state index in [0.717, 1.165) is 24.4 Å². The molecule has 2 rings (SSSR count). The van der Waals surface area contributed by atoms with Crippen LogP contribution in [-0.4, -0.2) is 12.1 Å². The van der Waals surface area contributed by atoms with Gasteiger partial charge in [-0.3, -0.25) is 0 Å². The molecule has 0 aromatic carbocycles. The maximum Gasteiger partial charge on any atom is 0.0116 e. The van der Waals surface area contributed by atoms with Gasteiger partial charge < -0.3 is 5.32 Å². The van der Waals surface area contributed by atoms with Crippen LogP contribution in [0.1, 0.15) is 38.5 Å². The van der Waals surface area contributed by atoms with Gasteiger partial charge in [-0.2, -0.15) is 0 Å². The SMILES string of the molecule is C#CCC1CC2CCCC(C1)N2. The van der Waals surface area contributed by atoms with Crippen LogP contribution in [0.2, 0.25) is 0 Å². The summed E-state index contributed by atoms with van der Waals surface area (Å²) in [6, 6.07) is 1.58. The quantitative estimate of drug-likeness (QED) is 0.582. The predicted molar refractivity (Wildman–Crippen MR) is 50.7 cm³/mol. The third-order valence-electron chi connectivity index (χ3n) is 3.22. The van der Waals surface area contributed by atoms with Crippen LogP contribution in [0.15, 0.2) is 0 Å². The lowest BCUT2D eigenvalue weighted by molar-refractivity contribution is 0.188. The molecule has 1 heteroatoms. The number of fused-ring (bicyclic) bond motifs is 2. The van der Waals surface area contributed by atoms with Crippen LogP contribution in [0.25, 0.3) is 0 Å². The monoisotopic (exact) mass is 163 g/mol. The molecule has 2 unspecified atom stereocenters. The van der Waals surface area contributed by atoms with Crippen molar-refractivity contribution in [1.82, 2.24) is 5.32 Å². The lowest BCUT2D eigenvalue weighted by atomic mass is 9.79. The molecule has 0 aromatic rings. The van der Waals surface area contributed by atoms with E-state index in [9.17, 15) is 0 Å². The number of rotatable bonds is 1. The van der Waals surface area contributed by atoms with Gasteiger partial charge >= 0.3 is 0 Å². The minimum Gasteiger partial charge on any atom is -0.311 e. The molecular formula is C11H17N. The molecule has 0 amide bonds. The zero-order valence-electron chi connectivity index (χ0n) is 7.55. The van der Waals surface area contributed by atoms with Crippen molar-refractivity contribution in [3.8, 4) is 12.3 Å². The van der Waals surface area contributed by atoms with Gasteiger partial charge in [-0.1, -0.05) is 6.42 Å². The summed E-state index contributed by atoms with van der Waals surface area (Å²) in [6.07, 6.45) is 13.1. The fourth-order valence-electron chi connectivity index (χ4n) is 2.72. The Hall–Kier alpha value is -0.480. The average molecular weight is 163 g/mol. The third-order valence-corrected chi connectivity index (χ3v) is 3.22. The first kappa shape index (κ1) is 8.13. The lowest BCUT2D eigenvalue weighted by Gasteiger charge is -2.39. The molecule has 0 aliphatic carbocycles. The highest BCUT2D eigenvalue weighted by Crippen LogP contribution is 2.30. The minimum absolute atomic E-state index is 0.788. The van der Waals surface area contributed by atoms with Crippen LogP contribution >= 0.6 is 0 Å². The molecule has 0 saturated carbocycles. The first-order valence-electron chi connectivity index (χ1n) is 5.08. The molecule has 2 aliphatic rings. The number of hydrogen-bond donors (Lipinski definition) is 1. The van der Waals surface area contributed by atoms with E-state index in [1.54, 1.807) is 0 Å². The van der Waals surface area contributed by atoms with E-state index < -0.39 is 0 Å². The highest BCUT2D eigenvalue weighted by molar-refractivity contribution is 4.95. The summed E-state index contributed by atoms with van der Waals surface area (Å²) in [4.78, 5) is 0. The molecule has 2 fully saturated rings. The standard InChI is InChI=1S/C11H17N/c1-2-4-9-7-10-5-3-6-11(8-9)12-10/h1,9-12H,3-8H2. The van der Waals surface area contributed by atoms with Crippen LogP contribution in [0.3, 0.4) is 0 Å². The van der Waals surface area contributed by atoms with E-state index in [2.05, 4.69) is 11.2 Å². The second-order valence-electron chi connectivity index (χ2n) is 4.24. The maximum atomic E-state index is 5.34. The van der Waals surface area contributed by atoms with E-state index in [4.69, 9.17) is 6.42 Å². The van der Waals surface area contributed by atoms with Crippen molar-refractivity contribution < 1.29 is 0 Å². The Labute approximate surface area is 74.9 Å². The highest BCUT2D eigenvalue weighted by atomic mass is 15.0. The van der Waals surface area contributed by atoms with Gasteiger partial charge in [-0.25, -0.2) is 0 Å². The molecule has 2 bridgehead atoms. The van der Waals surface area contributed by atoms with Crippen molar-refractivity contribution in [3.05, 3.63) is 0 Å². The second-order valence-corrected chi connectivity index (χ2v) is 4.24. The Bertz CT molecular complexity index is 180. The first-order chi connectivity index (χ1) is 5.88. The van der Waals surface area contributed by atoms with Crippen LogP contribution in [0.5, 0.6) is 0 Å². The Morgan fingerprint density at radius 1 is 1.25 bits per heavy atom. The Morgan fingerprint density at radius 3 is 2.50 bits per heavy atom. The zero-order chi connectivity index (χ0) is 8.39. The van der Waals surface area contributed by atoms with E-state index >= 15 is 0 Å². The number of hydrogen-bond acceptors (Lipinski definition) is 1. The van der Waals surface area contributed by atoms with Gasteiger partial charge in [0.05, 0.1) is 0 Å². The molecule has 0 aromatic heterocycles. The topological polar surface area (TPSA) is 12.0 Å². The van der Waals surface area contributed by atoms with E-state index in [0.29, 0.717) is 0 Å². The average Bonchev–Trinajstić information content (AvgIpc) is 2.04. The smallest absolute Gasteiger partial charge is 0.0116 e. The summed E-state index contributed by atoms with van der Waals surface area (Å²) in [6.45, 7) is 0. The molecule has 1 nitrogen and oxygen atoms in total. The molecule has 2 saturated heterocycles. The van der Waals surface area contributed by atoms with Crippen molar-refractivity contribution in [3.63, 3.8) is 0 Å². The maximum absolute atomic E-state index is 5.34. The molecule has 2 aliphatic heterocycles. The third kappa shape index (κ3) is 1.64. The zero-order valence-corrected chi connectivity index (χ0v) is 7.55. The van der Waals surface area contributed by atoms with Crippen LogP contribution < -0.4 is 5.32 Å². The fraction of sp³-hybridized carbons (Fsp3) is 0.818. The molecule has 12 heavy (non-hydrogen) atoms. The van der Waals surface area contributed by atoms with Crippen LogP contribution in [0.4, 0.5) is 0 Å². The molecule has 0 spiro atoms. The molecule has 2 heterocycles. The van der Waals surface area contributed by atoms with Gasteiger partial charge in [0.15, 0.2) is 0 Å². The molecular weight excluding hydrogens is 146 g/mol. The van der Waals surface area contributed by atoms with Crippen molar-refractivity contribution >= 4 is 0 Å². The van der Waals surface area contributed by atoms with Crippen molar-refractivity contribution in [1.29, 1.82) is 0 Å². The fourth-order valence-corrected chi connectivity index (χ4v) is 2.72. The largest absolute Gasteiger partial charge is 0.311 e. The summed E-state index contributed by atoms with van der Waals surface area (Å²) < 4.78 is 0. The summed E-state index contributed by atoms with van der Waals surface area (Å²) in [5.74, 6) is 3.61. The normalized spacial score (nSPS) is 40.4. The van der Waals surface area contributed by atoms with Crippen molar-refractivity contribution in [2.24, 2.45) is 5.92 Å². The van der Waals surface area contributed by atoms with Crippen molar-refractivity contribution in [2.75, 3.05) is 0 Å². The summed E-state index contributed by atoms with van der Waals surface area (Å²) >= 11 is 0. The predicted octanol–water partition coefficient (Wildman–Crippen LogP) is 1.93. The van der Waals surface area contributed by atoms with Gasteiger partial charge in [-0.05, 0) is 31.6 Å². The highest BCUT2D eigenvalue weighted by Gasteiger charge is 2.30. The van der Waals surface area contributed by atoms with Gasteiger partial charge in [-0.15, -0.1) is 12.3 Å². The van der Waals surface area contributed by atoms with E-state index in [-0.39, 0.29) is 0 Å². The molecule has 1 N–H and O–H groups in total. The molecule has 66 valence electrons. The molecule has 2 atom stereocenters. The number of nitrogens with one attached hydrogen (secondary N) is 1. The second kappa shape index (κ2) is 3.49. The van der Waals surface area contributed by atoms with Gasteiger partial charge in [0.2, 0.25) is 0 Å². The minimum atomic E-state index is 0.788.